The van der Waals surface area contributed by atoms with Crippen molar-refractivity contribution in [2.45, 2.75) is 25.8 Å². The molecule has 0 spiro atoms. The molecule has 1 N–H and O–H groups in total. The lowest BCUT2D eigenvalue weighted by atomic mass is 10.1. The molecule has 0 radical (unpaired) electrons. The number of benzene rings is 1. The summed E-state index contributed by atoms with van der Waals surface area (Å²) < 4.78 is 13.5. The van der Waals surface area contributed by atoms with Gasteiger partial charge in [0.05, 0.1) is 0 Å². The van der Waals surface area contributed by atoms with Gasteiger partial charge in [-0.1, -0.05) is 0 Å². The standard InChI is InChI=1S/C13H19FN2/c1-15-10-11-7-12(14)9-13(8-11)16-5-3-2-4-6-16/h7-9,15H,2-6,10H2,1H3. The summed E-state index contributed by atoms with van der Waals surface area (Å²) in [5.74, 6) is -0.131. The number of nitrogens with one attached hydrogen (secondary N) is 1. The molecule has 3 heteroatoms. The maximum absolute atomic E-state index is 13.5. The molecule has 0 saturated carbocycles. The van der Waals surface area contributed by atoms with Gasteiger partial charge in [-0.15, -0.1) is 0 Å². The molecule has 1 heterocycles. The summed E-state index contributed by atoms with van der Waals surface area (Å²) in [4.78, 5) is 2.28. The van der Waals surface area contributed by atoms with Crippen molar-refractivity contribution in [2.24, 2.45) is 0 Å². The second-order valence-electron chi connectivity index (χ2n) is 4.40. The smallest absolute Gasteiger partial charge is 0.125 e. The number of rotatable bonds is 3. The first-order chi connectivity index (χ1) is 7.79. The van der Waals surface area contributed by atoms with Crippen LogP contribution in [0.1, 0.15) is 24.8 Å². The molecular weight excluding hydrogens is 203 g/mol. The van der Waals surface area contributed by atoms with E-state index >= 15 is 0 Å². The van der Waals surface area contributed by atoms with Crippen molar-refractivity contribution in [1.29, 1.82) is 0 Å². The van der Waals surface area contributed by atoms with Gasteiger partial charge in [-0.2, -0.15) is 0 Å². The van der Waals surface area contributed by atoms with Gasteiger partial charge in [0.15, 0.2) is 0 Å². The van der Waals surface area contributed by atoms with Crippen molar-refractivity contribution in [2.75, 3.05) is 25.0 Å². The Labute approximate surface area is 96.5 Å². The number of nitrogens with zero attached hydrogens (tertiary/aromatic N) is 1. The van der Waals surface area contributed by atoms with Gasteiger partial charge in [0.25, 0.3) is 0 Å². The first-order valence-corrected chi connectivity index (χ1v) is 5.98. The normalized spacial score (nSPS) is 16.5. The Morgan fingerprint density at radius 1 is 1.19 bits per heavy atom. The van der Waals surface area contributed by atoms with Gasteiger partial charge in [0.1, 0.15) is 5.82 Å². The highest BCUT2D eigenvalue weighted by atomic mass is 19.1. The van der Waals surface area contributed by atoms with E-state index in [4.69, 9.17) is 0 Å². The second-order valence-corrected chi connectivity index (χ2v) is 4.40. The summed E-state index contributed by atoms with van der Waals surface area (Å²) in [6.07, 6.45) is 3.74. The highest BCUT2D eigenvalue weighted by Crippen LogP contribution is 2.22. The Kier molecular flexibility index (Phi) is 3.78. The quantitative estimate of drug-likeness (QED) is 0.845. The van der Waals surface area contributed by atoms with E-state index in [1.807, 2.05) is 7.05 Å². The summed E-state index contributed by atoms with van der Waals surface area (Å²) in [5.41, 5.74) is 2.05. The fourth-order valence-electron chi connectivity index (χ4n) is 2.27. The molecule has 1 saturated heterocycles. The van der Waals surface area contributed by atoms with Gasteiger partial charge in [-0.25, -0.2) is 4.39 Å². The van der Waals surface area contributed by atoms with Crippen LogP contribution in [0.5, 0.6) is 0 Å². The third kappa shape index (κ3) is 2.73. The monoisotopic (exact) mass is 222 g/mol. The number of hydrogen-bond donors (Lipinski definition) is 1. The van der Waals surface area contributed by atoms with Gasteiger partial charge in [0, 0.05) is 25.3 Å². The lowest BCUT2D eigenvalue weighted by Gasteiger charge is -2.29. The van der Waals surface area contributed by atoms with Crippen molar-refractivity contribution in [3.63, 3.8) is 0 Å². The summed E-state index contributed by atoms with van der Waals surface area (Å²) in [7, 11) is 1.88. The van der Waals surface area contributed by atoms with Crippen LogP contribution < -0.4 is 10.2 Å². The summed E-state index contributed by atoms with van der Waals surface area (Å²) in [6, 6.07) is 5.33. The van der Waals surface area contributed by atoms with Crippen LogP contribution in [0.4, 0.5) is 10.1 Å². The molecule has 1 aliphatic rings. The third-order valence-electron chi connectivity index (χ3n) is 3.04. The molecule has 0 bridgehead atoms. The molecule has 1 fully saturated rings. The van der Waals surface area contributed by atoms with E-state index in [0.29, 0.717) is 0 Å². The molecule has 0 amide bonds. The molecule has 1 aromatic rings. The SMILES string of the molecule is CNCc1cc(F)cc(N2CCCCC2)c1. The molecule has 88 valence electrons. The van der Waals surface area contributed by atoms with Crippen molar-refractivity contribution in [3.8, 4) is 0 Å². The molecular formula is C13H19FN2. The summed E-state index contributed by atoms with van der Waals surface area (Å²) in [6.45, 7) is 2.84. The van der Waals surface area contributed by atoms with Gasteiger partial charge in [-0.3, -0.25) is 0 Å². The number of anilines is 1. The van der Waals surface area contributed by atoms with Crippen LogP contribution in [-0.4, -0.2) is 20.1 Å². The average Bonchev–Trinajstić information content (AvgIpc) is 2.30. The fourth-order valence-corrected chi connectivity index (χ4v) is 2.27. The predicted molar refractivity (Wildman–Crippen MR) is 65.2 cm³/mol. The first-order valence-electron chi connectivity index (χ1n) is 5.98. The molecule has 0 aromatic heterocycles. The van der Waals surface area contributed by atoms with E-state index in [9.17, 15) is 4.39 Å². The average molecular weight is 222 g/mol. The van der Waals surface area contributed by atoms with E-state index in [2.05, 4.69) is 16.3 Å². The minimum Gasteiger partial charge on any atom is -0.371 e. The van der Waals surface area contributed by atoms with E-state index in [1.54, 1.807) is 12.1 Å². The first kappa shape index (κ1) is 11.4. The Hall–Kier alpha value is -1.09. The molecule has 0 unspecified atom stereocenters. The molecule has 0 aliphatic carbocycles. The van der Waals surface area contributed by atoms with Gasteiger partial charge in [0.2, 0.25) is 0 Å². The highest BCUT2D eigenvalue weighted by molar-refractivity contribution is 5.49. The highest BCUT2D eigenvalue weighted by Gasteiger charge is 2.12. The number of hydrogen-bond acceptors (Lipinski definition) is 2. The van der Waals surface area contributed by atoms with E-state index in [0.717, 1.165) is 30.9 Å². The van der Waals surface area contributed by atoms with Gasteiger partial charge >= 0.3 is 0 Å². The molecule has 1 aliphatic heterocycles. The van der Waals surface area contributed by atoms with Crippen LogP contribution in [0, 0.1) is 5.82 Å². The Morgan fingerprint density at radius 2 is 1.94 bits per heavy atom. The summed E-state index contributed by atoms with van der Waals surface area (Å²) >= 11 is 0. The van der Waals surface area contributed by atoms with Crippen LogP contribution in [0.3, 0.4) is 0 Å². The topological polar surface area (TPSA) is 15.3 Å². The summed E-state index contributed by atoms with van der Waals surface area (Å²) in [5, 5.41) is 3.06. The maximum atomic E-state index is 13.5. The maximum Gasteiger partial charge on any atom is 0.125 e. The largest absolute Gasteiger partial charge is 0.371 e. The lowest BCUT2D eigenvalue weighted by molar-refractivity contribution is 0.573. The van der Waals surface area contributed by atoms with Crippen molar-refractivity contribution < 1.29 is 4.39 Å². The van der Waals surface area contributed by atoms with Crippen molar-refractivity contribution >= 4 is 5.69 Å². The van der Waals surface area contributed by atoms with Crippen LogP contribution in [0.25, 0.3) is 0 Å². The molecule has 0 atom stereocenters. The zero-order chi connectivity index (χ0) is 11.4. The van der Waals surface area contributed by atoms with Crippen LogP contribution in [-0.2, 0) is 6.54 Å². The van der Waals surface area contributed by atoms with Crippen LogP contribution in [0.2, 0.25) is 0 Å². The number of piperidine rings is 1. The van der Waals surface area contributed by atoms with Crippen LogP contribution >= 0.6 is 0 Å². The zero-order valence-electron chi connectivity index (χ0n) is 9.80. The predicted octanol–water partition coefficient (Wildman–Crippen LogP) is 2.54. The number of halogens is 1. The van der Waals surface area contributed by atoms with Gasteiger partial charge < -0.3 is 10.2 Å². The Balaban J connectivity index is 2.18. The van der Waals surface area contributed by atoms with Gasteiger partial charge in [-0.05, 0) is 50.1 Å². The van der Waals surface area contributed by atoms with E-state index in [-0.39, 0.29) is 5.82 Å². The molecule has 16 heavy (non-hydrogen) atoms. The molecule has 2 rings (SSSR count). The van der Waals surface area contributed by atoms with E-state index in [1.165, 1.54) is 19.3 Å². The van der Waals surface area contributed by atoms with Crippen molar-refractivity contribution in [1.82, 2.24) is 5.32 Å². The second kappa shape index (κ2) is 5.30. The third-order valence-corrected chi connectivity index (χ3v) is 3.04. The Bertz CT molecular complexity index is 346. The minimum atomic E-state index is -0.131. The minimum absolute atomic E-state index is 0.131. The van der Waals surface area contributed by atoms with Crippen molar-refractivity contribution in [3.05, 3.63) is 29.6 Å². The lowest BCUT2D eigenvalue weighted by Crippen LogP contribution is -2.29. The van der Waals surface area contributed by atoms with E-state index < -0.39 is 0 Å². The fraction of sp³-hybridized carbons (Fsp3) is 0.538. The molecule has 2 nitrogen and oxygen atoms in total. The molecule has 1 aromatic carbocycles. The van der Waals surface area contributed by atoms with Crippen LogP contribution in [0.15, 0.2) is 18.2 Å². The Morgan fingerprint density at radius 3 is 2.62 bits per heavy atom. The zero-order valence-corrected chi connectivity index (χ0v) is 9.80.